The van der Waals surface area contributed by atoms with E-state index in [1.165, 1.54) is 35.2 Å². The number of carbonyl (C=O) groups excluding carboxylic acids is 1. The average Bonchev–Trinajstić information content (AvgIpc) is 2.51. The fourth-order valence-corrected chi connectivity index (χ4v) is 2.52. The Kier molecular flexibility index (Phi) is 3.73. The number of anilines is 1. The molecular weight excluding hydrogens is 301 g/mol. The number of amides is 1. The smallest absolute Gasteiger partial charge is 0.335 e. The van der Waals surface area contributed by atoms with Crippen LogP contribution in [0.15, 0.2) is 42.5 Å². The molecule has 1 heterocycles. The van der Waals surface area contributed by atoms with E-state index in [9.17, 15) is 14.0 Å². The fraction of sp³-hybridized carbons (Fsp3) is 0.176. The summed E-state index contributed by atoms with van der Waals surface area (Å²) in [5.74, 6) is -1.36. The monoisotopic (exact) mass is 315 g/mol. The van der Waals surface area contributed by atoms with Gasteiger partial charge in [0.05, 0.1) is 17.8 Å². The maximum Gasteiger partial charge on any atom is 0.335 e. The van der Waals surface area contributed by atoms with E-state index in [1.54, 1.807) is 19.1 Å². The topological polar surface area (TPSA) is 66.8 Å². The maximum absolute atomic E-state index is 13.4. The first-order valence-electron chi connectivity index (χ1n) is 7.05. The molecule has 118 valence electrons. The first kappa shape index (κ1) is 15.0. The van der Waals surface area contributed by atoms with E-state index in [-0.39, 0.29) is 18.0 Å². The van der Waals surface area contributed by atoms with Crippen LogP contribution in [0.5, 0.6) is 5.75 Å². The Morgan fingerprint density at radius 1 is 1.30 bits per heavy atom. The molecule has 1 aliphatic rings. The molecule has 5 nitrogen and oxygen atoms in total. The number of rotatable bonds is 3. The average molecular weight is 315 g/mol. The number of carbonyl (C=O) groups is 2. The number of fused-ring (bicyclic) bond motifs is 1. The summed E-state index contributed by atoms with van der Waals surface area (Å²) in [6.07, 6.45) is -0.688. The molecular formula is C17H14FNO4. The number of nitrogens with zero attached hydrogens (tertiary/aromatic N) is 1. The van der Waals surface area contributed by atoms with Crippen molar-refractivity contribution in [3.05, 3.63) is 59.4 Å². The van der Waals surface area contributed by atoms with Crippen LogP contribution in [-0.4, -0.2) is 23.1 Å². The molecule has 0 saturated heterocycles. The Balaban J connectivity index is 2.03. The van der Waals surface area contributed by atoms with E-state index < -0.39 is 17.9 Å². The Morgan fingerprint density at radius 2 is 2.09 bits per heavy atom. The van der Waals surface area contributed by atoms with Crippen LogP contribution >= 0.6 is 0 Å². The van der Waals surface area contributed by atoms with Gasteiger partial charge in [0, 0.05) is 0 Å². The van der Waals surface area contributed by atoms with Gasteiger partial charge in [-0.15, -0.1) is 0 Å². The van der Waals surface area contributed by atoms with E-state index in [1.807, 2.05) is 0 Å². The second-order valence-corrected chi connectivity index (χ2v) is 5.30. The van der Waals surface area contributed by atoms with Crippen molar-refractivity contribution in [2.75, 3.05) is 4.90 Å². The number of aromatic carboxylic acids is 1. The van der Waals surface area contributed by atoms with Gasteiger partial charge < -0.3 is 14.7 Å². The molecule has 0 saturated carbocycles. The van der Waals surface area contributed by atoms with Gasteiger partial charge >= 0.3 is 5.97 Å². The Labute approximate surface area is 131 Å². The molecule has 0 spiro atoms. The van der Waals surface area contributed by atoms with Crippen molar-refractivity contribution in [1.82, 2.24) is 0 Å². The molecule has 1 unspecified atom stereocenters. The van der Waals surface area contributed by atoms with E-state index in [2.05, 4.69) is 0 Å². The molecule has 1 atom stereocenters. The van der Waals surface area contributed by atoms with Crippen molar-refractivity contribution >= 4 is 17.6 Å². The Morgan fingerprint density at radius 3 is 2.78 bits per heavy atom. The van der Waals surface area contributed by atoms with E-state index in [0.29, 0.717) is 17.0 Å². The summed E-state index contributed by atoms with van der Waals surface area (Å²) >= 11 is 0. The van der Waals surface area contributed by atoms with Crippen LogP contribution in [0.1, 0.15) is 22.8 Å². The van der Waals surface area contributed by atoms with Crippen LogP contribution in [0, 0.1) is 5.82 Å². The minimum absolute atomic E-state index is 0.0546. The minimum Gasteiger partial charge on any atom is -0.479 e. The van der Waals surface area contributed by atoms with Crippen LogP contribution in [0.4, 0.5) is 10.1 Å². The van der Waals surface area contributed by atoms with Gasteiger partial charge in [-0.05, 0) is 42.8 Å². The summed E-state index contributed by atoms with van der Waals surface area (Å²) in [6, 6.07) is 10.3. The van der Waals surface area contributed by atoms with Crippen molar-refractivity contribution in [2.24, 2.45) is 0 Å². The zero-order valence-electron chi connectivity index (χ0n) is 12.3. The van der Waals surface area contributed by atoms with E-state index in [0.717, 1.165) is 0 Å². The second-order valence-electron chi connectivity index (χ2n) is 5.30. The quantitative estimate of drug-likeness (QED) is 0.946. The van der Waals surface area contributed by atoms with Crippen LogP contribution in [0.25, 0.3) is 0 Å². The largest absolute Gasteiger partial charge is 0.479 e. The number of benzene rings is 2. The highest BCUT2D eigenvalue weighted by molar-refractivity contribution is 6.01. The molecule has 1 N–H and O–H groups in total. The predicted molar refractivity (Wildman–Crippen MR) is 81.1 cm³/mol. The number of carboxylic acids is 1. The highest BCUT2D eigenvalue weighted by atomic mass is 19.1. The number of ether oxygens (including phenoxy) is 1. The van der Waals surface area contributed by atoms with Crippen LogP contribution in [-0.2, 0) is 11.3 Å². The molecule has 1 amide bonds. The van der Waals surface area contributed by atoms with Gasteiger partial charge in [0.2, 0.25) is 0 Å². The highest BCUT2D eigenvalue weighted by Crippen LogP contribution is 2.36. The number of hydrogen-bond acceptors (Lipinski definition) is 3. The second kappa shape index (κ2) is 5.72. The molecule has 0 radical (unpaired) electrons. The first-order chi connectivity index (χ1) is 11.0. The minimum atomic E-state index is -1.09. The summed E-state index contributed by atoms with van der Waals surface area (Å²) in [4.78, 5) is 25.0. The molecule has 2 aromatic rings. The molecule has 0 aromatic heterocycles. The van der Waals surface area contributed by atoms with Crippen molar-refractivity contribution in [3.8, 4) is 5.75 Å². The lowest BCUT2D eigenvalue weighted by molar-refractivity contribution is -0.125. The van der Waals surface area contributed by atoms with Crippen molar-refractivity contribution in [1.29, 1.82) is 0 Å². The highest BCUT2D eigenvalue weighted by Gasteiger charge is 2.32. The normalized spacial score (nSPS) is 16.7. The lowest BCUT2D eigenvalue weighted by Gasteiger charge is -2.33. The molecule has 6 heteroatoms. The zero-order valence-corrected chi connectivity index (χ0v) is 12.3. The molecule has 0 bridgehead atoms. The molecule has 2 aromatic carbocycles. The van der Waals surface area contributed by atoms with Gasteiger partial charge in [0.1, 0.15) is 11.6 Å². The van der Waals surface area contributed by atoms with Crippen molar-refractivity contribution in [3.63, 3.8) is 0 Å². The van der Waals surface area contributed by atoms with Gasteiger partial charge in [-0.25, -0.2) is 9.18 Å². The zero-order chi connectivity index (χ0) is 16.6. The third kappa shape index (κ3) is 2.88. The van der Waals surface area contributed by atoms with Gasteiger partial charge in [-0.1, -0.05) is 12.1 Å². The molecule has 1 aliphatic heterocycles. The molecule has 3 rings (SSSR count). The lowest BCUT2D eigenvalue weighted by atomic mass is 10.1. The summed E-state index contributed by atoms with van der Waals surface area (Å²) in [5, 5.41) is 9.12. The predicted octanol–water partition coefficient (Wildman–Crippen LogP) is 2.84. The number of halogens is 1. The van der Waals surface area contributed by atoms with Gasteiger partial charge in [0.25, 0.3) is 5.91 Å². The first-order valence-corrected chi connectivity index (χ1v) is 7.05. The van der Waals surface area contributed by atoms with Crippen LogP contribution < -0.4 is 9.64 Å². The number of hydrogen-bond donors (Lipinski definition) is 1. The standard InChI is InChI=1S/C17H14FNO4/c1-10-16(20)19(9-11-3-2-4-13(18)7-11)14-8-12(17(21)22)5-6-15(14)23-10/h2-8,10H,9H2,1H3,(H,21,22). The van der Waals surface area contributed by atoms with Crippen molar-refractivity contribution < 1.29 is 23.8 Å². The summed E-state index contributed by atoms with van der Waals surface area (Å²) < 4.78 is 18.9. The van der Waals surface area contributed by atoms with Gasteiger partial charge in [0.15, 0.2) is 6.10 Å². The lowest BCUT2D eigenvalue weighted by Crippen LogP contribution is -2.44. The Bertz CT molecular complexity index is 790. The van der Waals surface area contributed by atoms with Gasteiger partial charge in [-0.2, -0.15) is 0 Å². The van der Waals surface area contributed by atoms with Crippen LogP contribution in [0.2, 0.25) is 0 Å². The van der Waals surface area contributed by atoms with E-state index in [4.69, 9.17) is 9.84 Å². The van der Waals surface area contributed by atoms with E-state index >= 15 is 0 Å². The number of carboxylic acid groups (broad SMARTS) is 1. The summed E-state index contributed by atoms with van der Waals surface area (Å²) in [7, 11) is 0. The SMILES string of the molecule is CC1Oc2ccc(C(=O)O)cc2N(Cc2cccc(F)c2)C1=O. The maximum atomic E-state index is 13.4. The fourth-order valence-electron chi connectivity index (χ4n) is 2.52. The molecule has 0 aliphatic carbocycles. The molecule has 0 fully saturated rings. The van der Waals surface area contributed by atoms with Crippen LogP contribution in [0.3, 0.4) is 0 Å². The third-order valence-corrected chi connectivity index (χ3v) is 3.64. The third-order valence-electron chi connectivity index (χ3n) is 3.64. The summed E-state index contributed by atoms with van der Waals surface area (Å²) in [5.41, 5.74) is 1.04. The van der Waals surface area contributed by atoms with Crippen molar-refractivity contribution in [2.45, 2.75) is 19.6 Å². The molecule has 23 heavy (non-hydrogen) atoms. The summed E-state index contributed by atoms with van der Waals surface area (Å²) in [6.45, 7) is 1.76. The van der Waals surface area contributed by atoms with Gasteiger partial charge in [-0.3, -0.25) is 4.79 Å². The Hall–Kier alpha value is -2.89.